The molecular weight excluding hydrogens is 402 g/mol. The lowest BCUT2D eigenvalue weighted by Crippen LogP contribution is -2.44. The minimum Gasteiger partial charge on any atom is -0.338 e. The van der Waals surface area contributed by atoms with Crippen molar-refractivity contribution in [2.24, 2.45) is 0 Å². The van der Waals surface area contributed by atoms with Gasteiger partial charge in [-0.2, -0.15) is 20.1 Å². The van der Waals surface area contributed by atoms with Gasteiger partial charge in [-0.3, -0.25) is 5.10 Å². The maximum atomic E-state index is 14.0. The van der Waals surface area contributed by atoms with Crippen LogP contribution in [0.1, 0.15) is 5.56 Å². The van der Waals surface area contributed by atoms with Gasteiger partial charge in [0.2, 0.25) is 11.9 Å². The van der Waals surface area contributed by atoms with Gasteiger partial charge in [0.15, 0.2) is 17.5 Å². The molecule has 0 bridgehead atoms. The molecule has 0 atom stereocenters. The lowest BCUT2D eigenvalue weighted by Gasteiger charge is -2.27. The van der Waals surface area contributed by atoms with E-state index in [2.05, 4.69) is 35.7 Å². The number of halogens is 2. The first kappa shape index (κ1) is 19.3. The number of aromatic amines is 1. The number of piperazine rings is 1. The molecule has 5 rings (SSSR count). The Morgan fingerprint density at radius 2 is 1.84 bits per heavy atom. The van der Waals surface area contributed by atoms with Crippen LogP contribution in [0.25, 0.3) is 22.3 Å². The van der Waals surface area contributed by atoms with Crippen LogP contribution in [0.15, 0.2) is 36.4 Å². The van der Waals surface area contributed by atoms with Crippen molar-refractivity contribution in [3.05, 3.63) is 53.6 Å². The second-order valence-corrected chi connectivity index (χ2v) is 7.34. The monoisotopic (exact) mass is 422 g/mol. The number of hydrogen-bond donors (Lipinski definition) is 3. The molecule has 1 saturated heterocycles. The molecule has 31 heavy (non-hydrogen) atoms. The molecule has 0 saturated carbocycles. The Morgan fingerprint density at radius 1 is 1.03 bits per heavy atom. The predicted molar refractivity (Wildman–Crippen MR) is 114 cm³/mol. The smallest absolute Gasteiger partial charge is 0.233 e. The Labute approximate surface area is 176 Å². The van der Waals surface area contributed by atoms with Crippen LogP contribution in [-0.4, -0.2) is 51.3 Å². The van der Waals surface area contributed by atoms with Crippen LogP contribution < -0.4 is 15.5 Å². The summed E-state index contributed by atoms with van der Waals surface area (Å²) in [6.45, 7) is 5.17. The van der Waals surface area contributed by atoms with Crippen molar-refractivity contribution in [2.45, 2.75) is 6.92 Å². The number of benzene rings is 2. The minimum absolute atomic E-state index is 0.111. The zero-order valence-electron chi connectivity index (χ0n) is 16.8. The maximum absolute atomic E-state index is 14.0. The molecule has 2 aromatic heterocycles. The summed E-state index contributed by atoms with van der Waals surface area (Å²) in [6, 6.07) is 9.84. The summed E-state index contributed by atoms with van der Waals surface area (Å²) in [5.41, 5.74) is 2.02. The van der Waals surface area contributed by atoms with Gasteiger partial charge in [0.25, 0.3) is 0 Å². The average Bonchev–Trinajstić information content (AvgIpc) is 3.17. The van der Waals surface area contributed by atoms with Crippen molar-refractivity contribution in [3.63, 3.8) is 0 Å². The zero-order chi connectivity index (χ0) is 21.4. The number of nitrogens with one attached hydrogen (secondary N) is 3. The zero-order valence-corrected chi connectivity index (χ0v) is 16.8. The van der Waals surface area contributed by atoms with E-state index in [-0.39, 0.29) is 22.7 Å². The van der Waals surface area contributed by atoms with Crippen LogP contribution in [0.5, 0.6) is 0 Å². The third-order valence-electron chi connectivity index (χ3n) is 5.23. The van der Waals surface area contributed by atoms with Gasteiger partial charge >= 0.3 is 0 Å². The van der Waals surface area contributed by atoms with Crippen LogP contribution >= 0.6 is 0 Å². The first-order valence-electron chi connectivity index (χ1n) is 9.96. The molecule has 0 unspecified atom stereocenters. The molecule has 3 heterocycles. The van der Waals surface area contributed by atoms with Crippen molar-refractivity contribution in [3.8, 4) is 11.4 Å². The highest BCUT2D eigenvalue weighted by atomic mass is 19.1. The van der Waals surface area contributed by atoms with Gasteiger partial charge in [-0.15, -0.1) is 0 Å². The molecule has 0 amide bonds. The second-order valence-electron chi connectivity index (χ2n) is 7.34. The number of hydrogen-bond acceptors (Lipinski definition) is 7. The fraction of sp³-hybridized carbons (Fsp3) is 0.238. The molecule has 8 nitrogen and oxygen atoms in total. The number of H-pyrrole nitrogens is 1. The molecule has 3 N–H and O–H groups in total. The van der Waals surface area contributed by atoms with E-state index in [0.717, 1.165) is 43.4 Å². The summed E-state index contributed by atoms with van der Waals surface area (Å²) in [5, 5.41) is 13.3. The van der Waals surface area contributed by atoms with E-state index in [1.165, 1.54) is 6.07 Å². The average molecular weight is 422 g/mol. The molecule has 10 heteroatoms. The number of nitrogens with zero attached hydrogens (tertiary/aromatic N) is 5. The van der Waals surface area contributed by atoms with Crippen molar-refractivity contribution in [1.82, 2.24) is 30.5 Å². The van der Waals surface area contributed by atoms with Gasteiger partial charge < -0.3 is 15.5 Å². The number of rotatable bonds is 4. The number of anilines is 3. The lowest BCUT2D eigenvalue weighted by molar-refractivity contribution is 0.579. The van der Waals surface area contributed by atoms with E-state index in [1.54, 1.807) is 0 Å². The van der Waals surface area contributed by atoms with Gasteiger partial charge in [0.1, 0.15) is 11.3 Å². The first-order valence-corrected chi connectivity index (χ1v) is 9.96. The Balaban J connectivity index is 1.59. The largest absolute Gasteiger partial charge is 0.338 e. The van der Waals surface area contributed by atoms with Crippen molar-refractivity contribution in [2.75, 3.05) is 36.4 Å². The summed E-state index contributed by atoms with van der Waals surface area (Å²) in [4.78, 5) is 15.9. The van der Waals surface area contributed by atoms with Crippen LogP contribution in [-0.2, 0) is 0 Å². The SMILES string of the molecule is Cc1ccccc1-c1nc(Nc2n[nH]c3c(F)cc(F)cc23)nc(N2CCNCC2)n1. The normalized spacial score (nSPS) is 14.2. The molecule has 1 aliphatic rings. The quantitative estimate of drug-likeness (QED) is 0.465. The molecular formula is C21H20F2N8. The second kappa shape index (κ2) is 7.88. The highest BCUT2D eigenvalue weighted by Crippen LogP contribution is 2.28. The van der Waals surface area contributed by atoms with E-state index >= 15 is 0 Å². The van der Waals surface area contributed by atoms with Gasteiger partial charge in [0.05, 0.1) is 5.39 Å². The topological polar surface area (TPSA) is 94.7 Å². The third kappa shape index (κ3) is 3.77. The Kier molecular flexibility index (Phi) is 4.91. The summed E-state index contributed by atoms with van der Waals surface area (Å²) in [6.07, 6.45) is 0. The Morgan fingerprint density at radius 3 is 2.65 bits per heavy atom. The summed E-state index contributed by atoms with van der Waals surface area (Å²) >= 11 is 0. The minimum atomic E-state index is -0.715. The van der Waals surface area contributed by atoms with Crippen LogP contribution in [0.3, 0.4) is 0 Å². The molecule has 1 aliphatic heterocycles. The van der Waals surface area contributed by atoms with Crippen LogP contribution in [0.4, 0.5) is 26.5 Å². The van der Waals surface area contributed by atoms with Crippen molar-refractivity contribution >= 4 is 28.6 Å². The molecule has 0 spiro atoms. The van der Waals surface area contributed by atoms with E-state index in [9.17, 15) is 8.78 Å². The molecule has 0 aliphatic carbocycles. The fourth-order valence-electron chi connectivity index (χ4n) is 3.62. The number of aromatic nitrogens is 5. The van der Waals surface area contributed by atoms with E-state index in [4.69, 9.17) is 4.98 Å². The highest BCUT2D eigenvalue weighted by molar-refractivity contribution is 5.91. The van der Waals surface area contributed by atoms with Gasteiger partial charge in [-0.25, -0.2) is 8.78 Å². The van der Waals surface area contributed by atoms with Gasteiger partial charge in [-0.05, 0) is 18.6 Å². The van der Waals surface area contributed by atoms with Crippen LogP contribution in [0, 0.1) is 18.6 Å². The maximum Gasteiger partial charge on any atom is 0.233 e. The van der Waals surface area contributed by atoms with E-state index in [0.29, 0.717) is 11.8 Å². The van der Waals surface area contributed by atoms with E-state index < -0.39 is 11.6 Å². The molecule has 0 radical (unpaired) electrons. The van der Waals surface area contributed by atoms with E-state index in [1.807, 2.05) is 31.2 Å². The number of aryl methyl sites for hydroxylation is 1. The van der Waals surface area contributed by atoms with Gasteiger partial charge in [0, 0.05) is 37.8 Å². The predicted octanol–water partition coefficient (Wildman–Crippen LogP) is 3.15. The molecule has 4 aromatic rings. The standard InChI is InChI=1S/C21H20F2N8/c1-12-4-2-3-5-14(12)18-25-20(28-21(27-18)31-8-6-24-7-9-31)26-19-15-10-13(22)11-16(23)17(15)29-30-19/h2-5,10-11,24H,6-9H2,1H3,(H2,25,26,27,28,29,30). The summed E-state index contributed by atoms with van der Waals surface area (Å²) in [7, 11) is 0. The number of fused-ring (bicyclic) bond motifs is 1. The Hall–Kier alpha value is -3.66. The summed E-state index contributed by atoms with van der Waals surface area (Å²) < 4.78 is 27.8. The molecule has 158 valence electrons. The lowest BCUT2D eigenvalue weighted by atomic mass is 10.1. The molecule has 2 aromatic carbocycles. The van der Waals surface area contributed by atoms with Crippen LogP contribution in [0.2, 0.25) is 0 Å². The van der Waals surface area contributed by atoms with Crippen molar-refractivity contribution < 1.29 is 8.78 Å². The summed E-state index contributed by atoms with van der Waals surface area (Å²) in [5.74, 6) is 0.137. The first-order chi connectivity index (χ1) is 15.1. The van der Waals surface area contributed by atoms with Gasteiger partial charge in [-0.1, -0.05) is 24.3 Å². The molecule has 1 fully saturated rings. The fourth-order valence-corrected chi connectivity index (χ4v) is 3.62. The highest BCUT2D eigenvalue weighted by Gasteiger charge is 2.19. The Bertz CT molecular complexity index is 1250. The van der Waals surface area contributed by atoms with Crippen molar-refractivity contribution in [1.29, 1.82) is 0 Å². The third-order valence-corrected chi connectivity index (χ3v) is 5.23.